The zero-order chi connectivity index (χ0) is 12.3. The van der Waals surface area contributed by atoms with Gasteiger partial charge in [0.1, 0.15) is 11.8 Å². The van der Waals surface area contributed by atoms with Gasteiger partial charge < -0.3 is 9.73 Å². The molecular weight excluding hydrogens is 236 g/mol. The summed E-state index contributed by atoms with van der Waals surface area (Å²) in [6.07, 6.45) is 1.64. The van der Waals surface area contributed by atoms with Crippen LogP contribution in [0.3, 0.4) is 0 Å². The molecule has 2 rings (SSSR count). The van der Waals surface area contributed by atoms with Crippen LogP contribution in [0.15, 0.2) is 41.0 Å². The molecule has 1 aromatic heterocycles. The largest absolute Gasteiger partial charge is 0.467 e. The third-order valence-corrected chi connectivity index (χ3v) is 2.76. The topological polar surface area (TPSA) is 49.0 Å². The molecule has 4 heteroatoms. The maximum absolute atomic E-state index is 8.77. The molecule has 1 N–H and O–H groups in total. The minimum absolute atomic E-state index is 0.0500. The molecule has 3 nitrogen and oxygen atoms in total. The summed E-state index contributed by atoms with van der Waals surface area (Å²) >= 11 is 5.95. The Kier molecular flexibility index (Phi) is 3.36. The van der Waals surface area contributed by atoms with E-state index < -0.39 is 0 Å². The van der Waals surface area contributed by atoms with E-state index in [1.165, 1.54) is 0 Å². The first-order valence-corrected chi connectivity index (χ1v) is 5.58. The quantitative estimate of drug-likeness (QED) is 0.891. The number of anilines is 1. The standard InChI is InChI=1S/C13H11ClN2O/c1-9(13-3-2-6-17-13)16-11-5-4-10(8-15)12(14)7-11/h2-7,9,16H,1H3. The Hall–Kier alpha value is -1.92. The van der Waals surface area contributed by atoms with Gasteiger partial charge in [-0.1, -0.05) is 11.6 Å². The number of furan rings is 1. The Morgan fingerprint density at radius 3 is 2.82 bits per heavy atom. The van der Waals surface area contributed by atoms with Gasteiger partial charge in [-0.15, -0.1) is 0 Å². The van der Waals surface area contributed by atoms with Crippen molar-refractivity contribution < 1.29 is 4.42 Å². The molecule has 2 aromatic rings. The van der Waals surface area contributed by atoms with Crippen molar-refractivity contribution in [3.63, 3.8) is 0 Å². The van der Waals surface area contributed by atoms with E-state index >= 15 is 0 Å². The fourth-order valence-corrected chi connectivity index (χ4v) is 1.78. The van der Waals surface area contributed by atoms with Gasteiger partial charge in [-0.05, 0) is 37.3 Å². The van der Waals surface area contributed by atoms with Crippen LogP contribution in [-0.4, -0.2) is 0 Å². The molecule has 0 aliphatic carbocycles. The molecule has 17 heavy (non-hydrogen) atoms. The highest BCUT2D eigenvalue weighted by molar-refractivity contribution is 6.32. The predicted octanol–water partition coefficient (Wildman–Crippen LogP) is 3.98. The average Bonchev–Trinajstić information content (AvgIpc) is 2.82. The Balaban J connectivity index is 2.15. The Morgan fingerprint density at radius 1 is 1.41 bits per heavy atom. The van der Waals surface area contributed by atoms with Crippen LogP contribution >= 0.6 is 11.6 Å². The maximum Gasteiger partial charge on any atom is 0.125 e. The van der Waals surface area contributed by atoms with Gasteiger partial charge in [0.25, 0.3) is 0 Å². The minimum Gasteiger partial charge on any atom is -0.467 e. The molecule has 0 spiro atoms. The first kappa shape index (κ1) is 11.6. The van der Waals surface area contributed by atoms with Crippen molar-refractivity contribution >= 4 is 17.3 Å². The monoisotopic (exact) mass is 246 g/mol. The van der Waals surface area contributed by atoms with Gasteiger partial charge in [-0.2, -0.15) is 5.26 Å². The number of benzene rings is 1. The summed E-state index contributed by atoms with van der Waals surface area (Å²) in [4.78, 5) is 0. The van der Waals surface area contributed by atoms with Crippen LogP contribution in [-0.2, 0) is 0 Å². The lowest BCUT2D eigenvalue weighted by atomic mass is 10.2. The molecule has 0 aliphatic rings. The fraction of sp³-hybridized carbons (Fsp3) is 0.154. The first-order valence-electron chi connectivity index (χ1n) is 5.20. The lowest BCUT2D eigenvalue weighted by Gasteiger charge is -2.13. The van der Waals surface area contributed by atoms with Crippen molar-refractivity contribution in [2.75, 3.05) is 5.32 Å². The molecule has 1 unspecified atom stereocenters. The van der Waals surface area contributed by atoms with Crippen molar-refractivity contribution in [2.24, 2.45) is 0 Å². The van der Waals surface area contributed by atoms with Crippen LogP contribution < -0.4 is 5.32 Å². The molecule has 1 aromatic carbocycles. The van der Waals surface area contributed by atoms with E-state index in [9.17, 15) is 0 Å². The molecule has 0 amide bonds. The maximum atomic E-state index is 8.77. The number of nitriles is 1. The summed E-state index contributed by atoms with van der Waals surface area (Å²) in [5.41, 5.74) is 1.33. The van der Waals surface area contributed by atoms with Crippen LogP contribution in [0.25, 0.3) is 0 Å². The average molecular weight is 247 g/mol. The Morgan fingerprint density at radius 2 is 2.24 bits per heavy atom. The number of hydrogen-bond donors (Lipinski definition) is 1. The van der Waals surface area contributed by atoms with Gasteiger partial charge in [-0.3, -0.25) is 0 Å². The second kappa shape index (κ2) is 4.94. The Labute approximate surface area is 105 Å². The van der Waals surface area contributed by atoms with Gasteiger partial charge in [0.15, 0.2) is 0 Å². The van der Waals surface area contributed by atoms with Crippen molar-refractivity contribution in [3.8, 4) is 6.07 Å². The van der Waals surface area contributed by atoms with E-state index in [4.69, 9.17) is 21.3 Å². The van der Waals surface area contributed by atoms with Gasteiger partial charge in [-0.25, -0.2) is 0 Å². The summed E-state index contributed by atoms with van der Waals surface area (Å²) in [7, 11) is 0. The van der Waals surface area contributed by atoms with Crippen molar-refractivity contribution in [1.82, 2.24) is 0 Å². The lowest BCUT2D eigenvalue weighted by molar-refractivity contribution is 0.490. The molecule has 0 saturated carbocycles. The molecule has 1 atom stereocenters. The lowest BCUT2D eigenvalue weighted by Crippen LogP contribution is -2.05. The number of nitrogens with one attached hydrogen (secondary N) is 1. The van der Waals surface area contributed by atoms with E-state index in [1.807, 2.05) is 31.2 Å². The predicted molar refractivity (Wildman–Crippen MR) is 66.9 cm³/mol. The smallest absolute Gasteiger partial charge is 0.125 e. The summed E-state index contributed by atoms with van der Waals surface area (Å²) in [6, 6.07) is 11.1. The van der Waals surface area contributed by atoms with Crippen molar-refractivity contribution in [1.29, 1.82) is 5.26 Å². The normalized spacial score (nSPS) is 11.8. The molecular formula is C13H11ClN2O. The molecule has 0 radical (unpaired) electrons. The minimum atomic E-state index is 0.0500. The van der Waals surface area contributed by atoms with Crippen molar-refractivity contribution in [2.45, 2.75) is 13.0 Å². The van der Waals surface area contributed by atoms with E-state index in [2.05, 4.69) is 5.32 Å². The van der Waals surface area contributed by atoms with Gasteiger partial charge >= 0.3 is 0 Å². The molecule has 0 bridgehead atoms. The number of rotatable bonds is 3. The van der Waals surface area contributed by atoms with Crippen LogP contribution in [0.5, 0.6) is 0 Å². The second-order valence-corrected chi connectivity index (χ2v) is 4.10. The van der Waals surface area contributed by atoms with Crippen molar-refractivity contribution in [3.05, 3.63) is 52.9 Å². The molecule has 0 fully saturated rings. The van der Waals surface area contributed by atoms with Gasteiger partial charge in [0, 0.05) is 5.69 Å². The van der Waals surface area contributed by atoms with Crippen LogP contribution in [0.4, 0.5) is 5.69 Å². The highest BCUT2D eigenvalue weighted by atomic mass is 35.5. The van der Waals surface area contributed by atoms with E-state index in [0.717, 1.165) is 11.4 Å². The fourth-order valence-electron chi connectivity index (χ4n) is 1.55. The van der Waals surface area contributed by atoms with Crippen LogP contribution in [0.1, 0.15) is 24.3 Å². The van der Waals surface area contributed by atoms with E-state index in [1.54, 1.807) is 18.4 Å². The van der Waals surface area contributed by atoms with Gasteiger partial charge in [0.2, 0.25) is 0 Å². The first-order chi connectivity index (χ1) is 8.20. The summed E-state index contributed by atoms with van der Waals surface area (Å²) in [6.45, 7) is 1.99. The highest BCUT2D eigenvalue weighted by Gasteiger charge is 2.08. The number of halogens is 1. The molecule has 1 heterocycles. The molecule has 86 valence electrons. The zero-order valence-electron chi connectivity index (χ0n) is 9.27. The summed E-state index contributed by atoms with van der Waals surface area (Å²) in [5.74, 6) is 0.852. The number of nitrogens with zero attached hydrogens (tertiary/aromatic N) is 1. The summed E-state index contributed by atoms with van der Waals surface area (Å²) in [5, 5.41) is 12.5. The van der Waals surface area contributed by atoms with Crippen LogP contribution in [0.2, 0.25) is 5.02 Å². The third-order valence-electron chi connectivity index (χ3n) is 2.44. The van der Waals surface area contributed by atoms with E-state index in [-0.39, 0.29) is 6.04 Å². The van der Waals surface area contributed by atoms with Gasteiger partial charge in [0.05, 0.1) is 22.9 Å². The summed E-state index contributed by atoms with van der Waals surface area (Å²) < 4.78 is 5.29. The molecule has 0 aliphatic heterocycles. The van der Waals surface area contributed by atoms with Crippen LogP contribution in [0, 0.1) is 11.3 Å². The Bertz CT molecular complexity index is 543. The molecule has 0 saturated heterocycles. The third kappa shape index (κ3) is 2.61. The zero-order valence-corrected chi connectivity index (χ0v) is 10.0. The van der Waals surface area contributed by atoms with E-state index in [0.29, 0.717) is 10.6 Å². The number of hydrogen-bond acceptors (Lipinski definition) is 3. The SMILES string of the molecule is CC(Nc1ccc(C#N)c(Cl)c1)c1ccco1. The second-order valence-electron chi connectivity index (χ2n) is 3.69. The highest BCUT2D eigenvalue weighted by Crippen LogP contribution is 2.24.